The van der Waals surface area contributed by atoms with Gasteiger partial charge in [-0.3, -0.25) is 19.5 Å². The van der Waals surface area contributed by atoms with Gasteiger partial charge in [0.15, 0.2) is 0 Å². The predicted molar refractivity (Wildman–Crippen MR) is 72.6 cm³/mol. The van der Waals surface area contributed by atoms with Gasteiger partial charge in [0.2, 0.25) is 11.8 Å². The molecule has 2 unspecified atom stereocenters. The van der Waals surface area contributed by atoms with E-state index in [2.05, 4.69) is 10.3 Å². The van der Waals surface area contributed by atoms with Crippen LogP contribution < -0.4 is 10.2 Å². The van der Waals surface area contributed by atoms with Crippen LogP contribution in [0.25, 0.3) is 0 Å². The monoisotopic (exact) mass is 261 g/mol. The van der Waals surface area contributed by atoms with Crippen molar-refractivity contribution in [3.63, 3.8) is 0 Å². The van der Waals surface area contributed by atoms with E-state index in [1.54, 1.807) is 23.4 Å². The lowest BCUT2D eigenvalue weighted by molar-refractivity contribution is -0.134. The molecule has 1 fully saturated rings. The third kappa shape index (κ3) is 2.59. The van der Waals surface area contributed by atoms with E-state index in [0.717, 1.165) is 6.42 Å². The summed E-state index contributed by atoms with van der Waals surface area (Å²) >= 11 is 0. The van der Waals surface area contributed by atoms with Gasteiger partial charge in [0, 0.05) is 6.20 Å². The zero-order chi connectivity index (χ0) is 13.8. The van der Waals surface area contributed by atoms with Crippen molar-refractivity contribution >= 4 is 17.5 Å². The Morgan fingerprint density at radius 1 is 1.37 bits per heavy atom. The lowest BCUT2D eigenvalue weighted by Gasteiger charge is -2.38. The second-order valence-electron chi connectivity index (χ2n) is 4.69. The minimum Gasteiger partial charge on any atom is -0.342 e. The molecule has 0 aromatic carbocycles. The summed E-state index contributed by atoms with van der Waals surface area (Å²) in [5, 5.41) is 2.82. The lowest BCUT2D eigenvalue weighted by atomic mass is 10.0. The molecule has 1 aromatic rings. The number of hydrogen-bond acceptors (Lipinski definition) is 3. The molecule has 5 nitrogen and oxygen atoms in total. The van der Waals surface area contributed by atoms with E-state index in [1.165, 1.54) is 0 Å². The van der Waals surface area contributed by atoms with Crippen LogP contribution >= 0.6 is 0 Å². The van der Waals surface area contributed by atoms with Gasteiger partial charge in [0.1, 0.15) is 12.1 Å². The van der Waals surface area contributed by atoms with Gasteiger partial charge in [0.05, 0.1) is 11.9 Å². The maximum atomic E-state index is 12.5. The largest absolute Gasteiger partial charge is 0.342 e. The number of anilines is 1. The van der Waals surface area contributed by atoms with Crippen molar-refractivity contribution in [2.45, 2.75) is 45.2 Å². The number of piperazine rings is 1. The summed E-state index contributed by atoms with van der Waals surface area (Å²) < 4.78 is 0. The molecule has 2 rings (SSSR count). The topological polar surface area (TPSA) is 62.3 Å². The summed E-state index contributed by atoms with van der Waals surface area (Å²) in [6, 6.07) is 2.73. The van der Waals surface area contributed by atoms with E-state index in [4.69, 9.17) is 0 Å². The maximum absolute atomic E-state index is 12.5. The average molecular weight is 261 g/mol. The van der Waals surface area contributed by atoms with Crippen LogP contribution in [0.1, 0.15) is 33.1 Å². The molecule has 0 saturated carbocycles. The zero-order valence-corrected chi connectivity index (χ0v) is 11.3. The molecule has 19 heavy (non-hydrogen) atoms. The van der Waals surface area contributed by atoms with Gasteiger partial charge in [-0.2, -0.15) is 0 Å². The Kier molecular flexibility index (Phi) is 4.14. The quantitative estimate of drug-likeness (QED) is 0.893. The SMILES string of the molecule is CCCC1NC(=O)C(CC)N(c2cccnc2)C1=O. The number of amides is 2. The van der Waals surface area contributed by atoms with Gasteiger partial charge in [-0.1, -0.05) is 20.3 Å². The molecule has 2 amide bonds. The molecular formula is C14H19N3O2. The van der Waals surface area contributed by atoms with E-state index in [0.29, 0.717) is 18.5 Å². The van der Waals surface area contributed by atoms with Crippen LogP contribution in [0.15, 0.2) is 24.5 Å². The molecule has 0 aliphatic carbocycles. The molecule has 0 spiro atoms. The van der Waals surface area contributed by atoms with Gasteiger partial charge >= 0.3 is 0 Å². The summed E-state index contributed by atoms with van der Waals surface area (Å²) in [6.07, 6.45) is 5.39. The molecular weight excluding hydrogens is 242 g/mol. The van der Waals surface area contributed by atoms with Crippen LogP contribution in [0, 0.1) is 0 Å². The summed E-state index contributed by atoms with van der Waals surface area (Å²) in [6.45, 7) is 3.90. The Labute approximate surface area is 113 Å². The van der Waals surface area contributed by atoms with Gasteiger partial charge < -0.3 is 5.32 Å². The Bertz CT molecular complexity index is 461. The number of rotatable bonds is 4. The molecule has 1 saturated heterocycles. The molecule has 2 atom stereocenters. The average Bonchev–Trinajstić information content (AvgIpc) is 2.43. The molecule has 0 bridgehead atoms. The van der Waals surface area contributed by atoms with Crippen LogP contribution in [0.3, 0.4) is 0 Å². The first-order chi connectivity index (χ1) is 9.19. The molecule has 5 heteroatoms. The van der Waals surface area contributed by atoms with Crippen LogP contribution in [0.2, 0.25) is 0 Å². The number of hydrogen-bond donors (Lipinski definition) is 1. The molecule has 1 aliphatic rings. The molecule has 1 N–H and O–H groups in total. The Morgan fingerprint density at radius 3 is 2.74 bits per heavy atom. The Morgan fingerprint density at radius 2 is 2.16 bits per heavy atom. The van der Waals surface area contributed by atoms with Crippen LogP contribution in [-0.4, -0.2) is 28.9 Å². The van der Waals surface area contributed by atoms with Crippen LogP contribution in [0.4, 0.5) is 5.69 Å². The minimum atomic E-state index is -0.440. The molecule has 2 heterocycles. The second-order valence-corrected chi connectivity index (χ2v) is 4.69. The second kappa shape index (κ2) is 5.82. The van der Waals surface area contributed by atoms with Crippen LogP contribution in [-0.2, 0) is 9.59 Å². The summed E-state index contributed by atoms with van der Waals surface area (Å²) in [7, 11) is 0. The van der Waals surface area contributed by atoms with Gasteiger partial charge in [-0.25, -0.2) is 0 Å². The first-order valence-electron chi connectivity index (χ1n) is 6.72. The van der Waals surface area contributed by atoms with Crippen molar-refractivity contribution < 1.29 is 9.59 Å². The number of aromatic nitrogens is 1. The highest BCUT2D eigenvalue weighted by atomic mass is 16.2. The van der Waals surface area contributed by atoms with Crippen molar-refractivity contribution in [2.75, 3.05) is 4.90 Å². The van der Waals surface area contributed by atoms with E-state index in [-0.39, 0.29) is 11.8 Å². The number of carbonyl (C=O) groups excluding carboxylic acids is 2. The summed E-state index contributed by atoms with van der Waals surface area (Å²) in [4.78, 5) is 30.3. The zero-order valence-electron chi connectivity index (χ0n) is 11.3. The van der Waals surface area contributed by atoms with E-state index < -0.39 is 12.1 Å². The molecule has 1 aromatic heterocycles. The fourth-order valence-electron chi connectivity index (χ4n) is 2.42. The molecule has 1 aliphatic heterocycles. The van der Waals surface area contributed by atoms with E-state index in [1.807, 2.05) is 19.9 Å². The number of nitrogens with one attached hydrogen (secondary N) is 1. The Balaban J connectivity index is 2.34. The van der Waals surface area contributed by atoms with Crippen LogP contribution in [0.5, 0.6) is 0 Å². The smallest absolute Gasteiger partial charge is 0.250 e. The fraction of sp³-hybridized carbons (Fsp3) is 0.500. The maximum Gasteiger partial charge on any atom is 0.250 e. The fourth-order valence-corrected chi connectivity index (χ4v) is 2.42. The van der Waals surface area contributed by atoms with Crippen molar-refractivity contribution in [2.24, 2.45) is 0 Å². The minimum absolute atomic E-state index is 0.0405. The van der Waals surface area contributed by atoms with Gasteiger partial charge in [-0.05, 0) is 25.0 Å². The third-order valence-corrected chi connectivity index (χ3v) is 3.35. The van der Waals surface area contributed by atoms with Gasteiger partial charge in [-0.15, -0.1) is 0 Å². The highest BCUT2D eigenvalue weighted by Crippen LogP contribution is 2.23. The normalized spacial score (nSPS) is 23.4. The van der Waals surface area contributed by atoms with Gasteiger partial charge in [0.25, 0.3) is 0 Å². The number of pyridine rings is 1. The molecule has 0 radical (unpaired) electrons. The van der Waals surface area contributed by atoms with Crippen molar-refractivity contribution in [1.82, 2.24) is 10.3 Å². The number of carbonyl (C=O) groups is 2. The van der Waals surface area contributed by atoms with Crippen molar-refractivity contribution in [3.05, 3.63) is 24.5 Å². The Hall–Kier alpha value is -1.91. The van der Waals surface area contributed by atoms with Crippen molar-refractivity contribution in [3.8, 4) is 0 Å². The van der Waals surface area contributed by atoms with E-state index in [9.17, 15) is 9.59 Å². The predicted octanol–water partition coefficient (Wildman–Crippen LogP) is 1.49. The highest BCUT2D eigenvalue weighted by molar-refractivity contribution is 6.08. The summed E-state index contributed by atoms with van der Waals surface area (Å²) in [5.74, 6) is -0.120. The first-order valence-corrected chi connectivity index (χ1v) is 6.72. The highest BCUT2D eigenvalue weighted by Gasteiger charge is 2.39. The molecule has 102 valence electrons. The third-order valence-electron chi connectivity index (χ3n) is 3.35. The first kappa shape index (κ1) is 13.5. The van der Waals surface area contributed by atoms with E-state index >= 15 is 0 Å². The standard InChI is InChI=1S/C14H19N3O2/c1-3-6-11-14(19)17(10-7-5-8-15-9-10)12(4-2)13(18)16-11/h5,7-9,11-12H,3-4,6H2,1-2H3,(H,16,18). The van der Waals surface area contributed by atoms with Crippen molar-refractivity contribution in [1.29, 1.82) is 0 Å². The lowest BCUT2D eigenvalue weighted by Crippen LogP contribution is -2.63. The summed E-state index contributed by atoms with van der Waals surface area (Å²) in [5.41, 5.74) is 0.690. The number of nitrogens with zero attached hydrogens (tertiary/aromatic N) is 2.